The van der Waals surface area contributed by atoms with Crippen LogP contribution in [0.25, 0.3) is 0 Å². The van der Waals surface area contributed by atoms with Gasteiger partial charge in [-0.05, 0) is 42.3 Å². The number of ether oxygens (including phenoxy) is 1. The summed E-state index contributed by atoms with van der Waals surface area (Å²) < 4.78 is 5.95. The van der Waals surface area contributed by atoms with Gasteiger partial charge in [-0.15, -0.1) is 0 Å². The Morgan fingerprint density at radius 3 is 2.28 bits per heavy atom. The maximum atomic E-state index is 12.7. The highest BCUT2D eigenvalue weighted by molar-refractivity contribution is 6.02. The number of hydrogen-bond donors (Lipinski definition) is 1. The van der Waals surface area contributed by atoms with Crippen LogP contribution in [0.2, 0.25) is 0 Å². The fraction of sp³-hybridized carbons (Fsp3) is 0.167. The first-order chi connectivity index (χ1) is 14.1. The van der Waals surface area contributed by atoms with Crippen molar-refractivity contribution in [1.82, 2.24) is 0 Å². The van der Waals surface area contributed by atoms with Gasteiger partial charge in [0, 0.05) is 12.6 Å². The molecule has 0 atom stereocenters. The lowest BCUT2D eigenvalue weighted by Gasteiger charge is -2.23. The van der Waals surface area contributed by atoms with Crippen molar-refractivity contribution in [3.05, 3.63) is 84.4 Å². The van der Waals surface area contributed by atoms with Crippen LogP contribution in [0.3, 0.4) is 0 Å². The Kier molecular flexibility index (Phi) is 6.63. The second-order valence-corrected chi connectivity index (χ2v) is 6.55. The first-order valence-electron chi connectivity index (χ1n) is 9.56. The van der Waals surface area contributed by atoms with Gasteiger partial charge < -0.3 is 10.1 Å². The standard InChI is InChI=1S/C24H24N2O3/c1-3-19-11-7-8-14-21(19)25-24(28)17-26(18(2)27)22-15-9-10-16-23(22)29-20-12-5-4-6-13-20/h4-16H,3,17H2,1-2H3,(H,25,28). The molecule has 0 spiro atoms. The number of amides is 2. The van der Waals surface area contributed by atoms with E-state index in [0.29, 0.717) is 17.2 Å². The summed E-state index contributed by atoms with van der Waals surface area (Å²) in [6.45, 7) is 3.36. The van der Waals surface area contributed by atoms with Crippen LogP contribution in [-0.2, 0) is 16.0 Å². The highest BCUT2D eigenvalue weighted by Crippen LogP contribution is 2.32. The first kappa shape index (κ1) is 20.1. The van der Waals surface area contributed by atoms with E-state index in [9.17, 15) is 9.59 Å². The van der Waals surface area contributed by atoms with Gasteiger partial charge in [-0.3, -0.25) is 14.5 Å². The van der Waals surface area contributed by atoms with Crippen molar-refractivity contribution in [3.8, 4) is 11.5 Å². The second kappa shape index (κ2) is 9.55. The molecule has 148 valence electrons. The van der Waals surface area contributed by atoms with Crippen LogP contribution in [0, 0.1) is 0 Å². The fourth-order valence-corrected chi connectivity index (χ4v) is 3.03. The van der Waals surface area contributed by atoms with E-state index >= 15 is 0 Å². The van der Waals surface area contributed by atoms with Crippen LogP contribution >= 0.6 is 0 Å². The van der Waals surface area contributed by atoms with Crippen molar-refractivity contribution in [2.24, 2.45) is 0 Å². The summed E-state index contributed by atoms with van der Waals surface area (Å²) >= 11 is 0. The smallest absolute Gasteiger partial charge is 0.244 e. The summed E-state index contributed by atoms with van der Waals surface area (Å²) in [7, 11) is 0. The van der Waals surface area contributed by atoms with Gasteiger partial charge in [0.15, 0.2) is 5.75 Å². The Bertz CT molecular complexity index is 986. The van der Waals surface area contributed by atoms with Crippen molar-refractivity contribution in [2.75, 3.05) is 16.8 Å². The Morgan fingerprint density at radius 1 is 0.897 bits per heavy atom. The molecule has 0 aliphatic heterocycles. The Labute approximate surface area is 170 Å². The number of anilines is 2. The minimum absolute atomic E-state index is 0.109. The van der Waals surface area contributed by atoms with Gasteiger partial charge in [0.25, 0.3) is 0 Å². The summed E-state index contributed by atoms with van der Waals surface area (Å²) in [5, 5.41) is 2.91. The predicted molar refractivity (Wildman–Crippen MR) is 115 cm³/mol. The number of nitrogens with one attached hydrogen (secondary N) is 1. The molecule has 0 saturated carbocycles. The quantitative estimate of drug-likeness (QED) is 0.617. The summed E-state index contributed by atoms with van der Waals surface area (Å²) in [6.07, 6.45) is 0.806. The third kappa shape index (κ3) is 5.23. The number of nitrogens with zero attached hydrogens (tertiary/aromatic N) is 1. The lowest BCUT2D eigenvalue weighted by atomic mass is 10.1. The number of carbonyl (C=O) groups is 2. The minimum Gasteiger partial charge on any atom is -0.455 e. The number of benzene rings is 3. The number of hydrogen-bond acceptors (Lipinski definition) is 3. The van der Waals surface area contributed by atoms with E-state index in [2.05, 4.69) is 5.32 Å². The molecule has 0 unspecified atom stereocenters. The molecule has 3 aromatic carbocycles. The van der Waals surface area contributed by atoms with E-state index in [1.807, 2.05) is 73.7 Å². The van der Waals surface area contributed by atoms with Gasteiger partial charge in [-0.2, -0.15) is 0 Å². The van der Waals surface area contributed by atoms with Crippen LogP contribution in [0.1, 0.15) is 19.4 Å². The number of para-hydroxylation sites is 4. The van der Waals surface area contributed by atoms with Gasteiger partial charge in [0.1, 0.15) is 12.3 Å². The molecule has 0 aliphatic rings. The molecule has 0 bridgehead atoms. The molecule has 3 rings (SSSR count). The van der Waals surface area contributed by atoms with Crippen LogP contribution in [-0.4, -0.2) is 18.4 Å². The van der Waals surface area contributed by atoms with Crippen molar-refractivity contribution in [2.45, 2.75) is 20.3 Å². The van der Waals surface area contributed by atoms with Crippen LogP contribution in [0.15, 0.2) is 78.9 Å². The van der Waals surface area contributed by atoms with Crippen molar-refractivity contribution >= 4 is 23.2 Å². The zero-order valence-corrected chi connectivity index (χ0v) is 16.6. The number of aryl methyl sites for hydroxylation is 1. The zero-order chi connectivity index (χ0) is 20.6. The van der Waals surface area contributed by atoms with Crippen LogP contribution in [0.4, 0.5) is 11.4 Å². The summed E-state index contributed by atoms with van der Waals surface area (Å²) in [4.78, 5) is 26.5. The molecule has 0 aliphatic carbocycles. The third-order valence-corrected chi connectivity index (χ3v) is 4.48. The van der Waals surface area contributed by atoms with E-state index < -0.39 is 0 Å². The molecule has 0 fully saturated rings. The number of carbonyl (C=O) groups excluding carboxylic acids is 2. The molecule has 0 radical (unpaired) electrons. The maximum absolute atomic E-state index is 12.7. The summed E-state index contributed by atoms with van der Waals surface area (Å²) in [6, 6.07) is 24.2. The topological polar surface area (TPSA) is 58.6 Å². The Hall–Kier alpha value is -3.60. The molecule has 0 saturated heterocycles. The van der Waals surface area contributed by atoms with Crippen LogP contribution in [0.5, 0.6) is 11.5 Å². The van der Waals surface area contributed by atoms with E-state index in [-0.39, 0.29) is 18.4 Å². The molecule has 2 amide bonds. The SMILES string of the molecule is CCc1ccccc1NC(=O)CN(C(C)=O)c1ccccc1Oc1ccccc1. The van der Waals surface area contributed by atoms with Gasteiger partial charge in [-0.1, -0.05) is 55.5 Å². The van der Waals surface area contributed by atoms with Gasteiger partial charge in [0.05, 0.1) is 5.69 Å². The minimum atomic E-state index is -0.268. The Morgan fingerprint density at radius 2 is 1.55 bits per heavy atom. The van der Waals surface area contributed by atoms with E-state index in [1.54, 1.807) is 12.1 Å². The normalized spacial score (nSPS) is 10.3. The monoisotopic (exact) mass is 388 g/mol. The van der Waals surface area contributed by atoms with Crippen LogP contribution < -0.4 is 15.0 Å². The number of rotatable bonds is 7. The van der Waals surface area contributed by atoms with Crippen molar-refractivity contribution < 1.29 is 14.3 Å². The largest absolute Gasteiger partial charge is 0.455 e. The maximum Gasteiger partial charge on any atom is 0.244 e. The molecular weight excluding hydrogens is 364 g/mol. The van der Waals surface area contributed by atoms with Gasteiger partial charge >= 0.3 is 0 Å². The first-order valence-corrected chi connectivity index (χ1v) is 9.56. The van der Waals surface area contributed by atoms with Gasteiger partial charge in [-0.25, -0.2) is 0 Å². The molecule has 5 heteroatoms. The third-order valence-electron chi connectivity index (χ3n) is 4.48. The Balaban J connectivity index is 1.81. The van der Waals surface area contributed by atoms with E-state index in [4.69, 9.17) is 4.74 Å². The molecule has 5 nitrogen and oxygen atoms in total. The van der Waals surface area contributed by atoms with E-state index in [1.165, 1.54) is 11.8 Å². The summed E-state index contributed by atoms with van der Waals surface area (Å²) in [5.74, 6) is 0.657. The molecular formula is C24H24N2O3. The fourth-order valence-electron chi connectivity index (χ4n) is 3.03. The lowest BCUT2D eigenvalue weighted by Crippen LogP contribution is -2.37. The molecule has 0 heterocycles. The highest BCUT2D eigenvalue weighted by atomic mass is 16.5. The van der Waals surface area contributed by atoms with Crippen molar-refractivity contribution in [3.63, 3.8) is 0 Å². The van der Waals surface area contributed by atoms with Crippen molar-refractivity contribution in [1.29, 1.82) is 0 Å². The molecule has 29 heavy (non-hydrogen) atoms. The lowest BCUT2D eigenvalue weighted by molar-refractivity contribution is -0.120. The predicted octanol–water partition coefficient (Wildman–Crippen LogP) is 5.03. The average molecular weight is 388 g/mol. The molecule has 1 N–H and O–H groups in total. The van der Waals surface area contributed by atoms with Gasteiger partial charge in [0.2, 0.25) is 11.8 Å². The van der Waals surface area contributed by atoms with E-state index in [0.717, 1.165) is 17.7 Å². The average Bonchev–Trinajstić information content (AvgIpc) is 2.73. The molecule has 0 aromatic heterocycles. The highest BCUT2D eigenvalue weighted by Gasteiger charge is 2.20. The molecule has 3 aromatic rings. The second-order valence-electron chi connectivity index (χ2n) is 6.55. The zero-order valence-electron chi connectivity index (χ0n) is 16.6. The summed E-state index contributed by atoms with van der Waals surface area (Å²) in [5.41, 5.74) is 2.35.